The summed E-state index contributed by atoms with van der Waals surface area (Å²) >= 11 is 4.38. The minimum absolute atomic E-state index is 0.178. The van der Waals surface area contributed by atoms with Crippen LogP contribution in [-0.2, 0) is 0 Å². The van der Waals surface area contributed by atoms with E-state index >= 15 is 0 Å². The third kappa shape index (κ3) is 5.73. The zero-order chi connectivity index (χ0) is 10.9. The minimum Gasteiger partial charge on any atom is -0.315 e. The molecule has 0 aromatic heterocycles. The first-order valence-electron chi connectivity index (χ1n) is 5.96. The number of rotatable bonds is 5. The van der Waals surface area contributed by atoms with E-state index in [0.29, 0.717) is 12.3 Å². The fourth-order valence-electron chi connectivity index (χ4n) is 2.00. The second kappa shape index (κ2) is 8.36. The van der Waals surface area contributed by atoms with E-state index in [0.717, 1.165) is 44.9 Å². The lowest BCUT2D eigenvalue weighted by Gasteiger charge is -2.29. The van der Waals surface area contributed by atoms with Crippen LogP contribution < -0.4 is 5.32 Å². The highest BCUT2D eigenvalue weighted by atomic mass is 32.1. The smallest absolute Gasteiger partial charge is 0.0894 e. The second-order valence-electron chi connectivity index (χ2n) is 4.28. The molecule has 15 heavy (non-hydrogen) atoms. The quantitative estimate of drug-likeness (QED) is 0.555. The van der Waals surface area contributed by atoms with Crippen molar-refractivity contribution in [2.75, 3.05) is 45.2 Å². The molecular weight excluding hydrogens is 211 g/mol. The van der Waals surface area contributed by atoms with Gasteiger partial charge in [-0.2, -0.15) is 12.6 Å². The van der Waals surface area contributed by atoms with Crippen LogP contribution in [0.2, 0.25) is 0 Å². The van der Waals surface area contributed by atoms with Crippen molar-refractivity contribution in [2.24, 2.45) is 5.92 Å². The van der Waals surface area contributed by atoms with E-state index < -0.39 is 0 Å². The van der Waals surface area contributed by atoms with Crippen LogP contribution in [0.5, 0.6) is 0 Å². The molecule has 90 valence electrons. The van der Waals surface area contributed by atoms with Gasteiger partial charge in [0, 0.05) is 19.6 Å². The molecular formula is C11H23FN2S. The summed E-state index contributed by atoms with van der Waals surface area (Å²) in [6.45, 7) is 5.27. The second-order valence-corrected chi connectivity index (χ2v) is 4.65. The van der Waals surface area contributed by atoms with Gasteiger partial charge in [-0.05, 0) is 44.0 Å². The van der Waals surface area contributed by atoms with Gasteiger partial charge < -0.3 is 10.2 Å². The fourth-order valence-corrected chi connectivity index (χ4v) is 2.30. The number of unbranched alkanes of at least 4 members (excludes halogenated alkanes) is 1. The first-order valence-corrected chi connectivity index (χ1v) is 6.60. The summed E-state index contributed by atoms with van der Waals surface area (Å²) < 4.78 is 12.0. The van der Waals surface area contributed by atoms with E-state index in [2.05, 4.69) is 22.8 Å². The largest absolute Gasteiger partial charge is 0.315 e. The molecule has 1 heterocycles. The minimum atomic E-state index is -0.178. The number of hydrogen-bond donors (Lipinski definition) is 2. The molecule has 1 fully saturated rings. The van der Waals surface area contributed by atoms with Crippen molar-refractivity contribution in [1.29, 1.82) is 0 Å². The number of nitrogens with one attached hydrogen (secondary N) is 1. The predicted octanol–water partition coefficient (Wildman–Crippen LogP) is 1.58. The zero-order valence-electron chi connectivity index (χ0n) is 9.42. The number of nitrogens with zero attached hydrogens (tertiary/aromatic N) is 1. The first-order chi connectivity index (χ1) is 7.36. The van der Waals surface area contributed by atoms with Crippen LogP contribution in [0.15, 0.2) is 0 Å². The molecule has 1 aliphatic heterocycles. The van der Waals surface area contributed by atoms with E-state index in [4.69, 9.17) is 0 Å². The summed E-state index contributed by atoms with van der Waals surface area (Å²) in [5, 5.41) is 3.42. The maximum atomic E-state index is 12.0. The Morgan fingerprint density at radius 1 is 1.33 bits per heavy atom. The molecule has 0 aromatic rings. The van der Waals surface area contributed by atoms with Crippen LogP contribution in [0.3, 0.4) is 0 Å². The molecule has 0 aliphatic carbocycles. The average molecular weight is 234 g/mol. The van der Waals surface area contributed by atoms with Crippen molar-refractivity contribution in [3.63, 3.8) is 0 Å². The van der Waals surface area contributed by atoms with Gasteiger partial charge in [0.15, 0.2) is 0 Å². The Morgan fingerprint density at radius 3 is 2.93 bits per heavy atom. The zero-order valence-corrected chi connectivity index (χ0v) is 10.3. The van der Waals surface area contributed by atoms with Gasteiger partial charge in [-0.1, -0.05) is 0 Å². The monoisotopic (exact) mass is 234 g/mol. The summed E-state index contributed by atoms with van der Waals surface area (Å²) in [4.78, 5) is 2.45. The van der Waals surface area contributed by atoms with Gasteiger partial charge in [0.1, 0.15) is 0 Å². The highest BCUT2D eigenvalue weighted by Gasteiger charge is 2.14. The maximum Gasteiger partial charge on any atom is 0.0894 e. The molecule has 4 heteroatoms. The third-order valence-corrected chi connectivity index (χ3v) is 3.48. The maximum absolute atomic E-state index is 12.0. The van der Waals surface area contributed by atoms with Crippen LogP contribution in [0.1, 0.15) is 19.3 Å². The van der Waals surface area contributed by atoms with Gasteiger partial charge >= 0.3 is 0 Å². The highest BCUT2D eigenvalue weighted by molar-refractivity contribution is 7.80. The lowest BCUT2D eigenvalue weighted by atomic mass is 10.1. The summed E-state index contributed by atoms with van der Waals surface area (Å²) in [5.41, 5.74) is 0. The van der Waals surface area contributed by atoms with Crippen molar-refractivity contribution in [2.45, 2.75) is 19.3 Å². The van der Waals surface area contributed by atoms with Crippen molar-refractivity contribution >= 4 is 12.6 Å². The van der Waals surface area contributed by atoms with Crippen molar-refractivity contribution in [1.82, 2.24) is 10.2 Å². The Morgan fingerprint density at radius 2 is 2.20 bits per heavy atom. The molecule has 0 aromatic carbocycles. The summed E-state index contributed by atoms with van der Waals surface area (Å²) in [6.07, 6.45) is 2.90. The number of alkyl halides is 1. The van der Waals surface area contributed by atoms with Crippen LogP contribution in [-0.4, -0.2) is 50.1 Å². The van der Waals surface area contributed by atoms with Crippen LogP contribution in [0.25, 0.3) is 0 Å². The molecule has 2 nitrogen and oxygen atoms in total. The topological polar surface area (TPSA) is 15.3 Å². The van der Waals surface area contributed by atoms with Crippen LogP contribution >= 0.6 is 12.6 Å². The Balaban J connectivity index is 2.25. The highest BCUT2D eigenvalue weighted by Crippen LogP contribution is 2.10. The Hall–Kier alpha value is 0.200. The Bertz CT molecular complexity index is 158. The predicted molar refractivity (Wildman–Crippen MR) is 66.5 cm³/mol. The van der Waals surface area contributed by atoms with E-state index in [1.54, 1.807) is 0 Å². The molecule has 0 bridgehead atoms. The molecule has 1 rings (SSSR count). The van der Waals surface area contributed by atoms with Gasteiger partial charge in [0.2, 0.25) is 0 Å². The van der Waals surface area contributed by atoms with E-state index in [1.807, 2.05) is 0 Å². The van der Waals surface area contributed by atoms with E-state index in [9.17, 15) is 4.39 Å². The third-order valence-electron chi connectivity index (χ3n) is 2.97. The van der Waals surface area contributed by atoms with Crippen LogP contribution in [0.4, 0.5) is 4.39 Å². The number of hydrogen-bond acceptors (Lipinski definition) is 3. The normalized spacial score (nSPS) is 24.8. The molecule has 1 N–H and O–H groups in total. The number of thiol groups is 1. The Kier molecular flexibility index (Phi) is 7.40. The average Bonchev–Trinajstić information content (AvgIpc) is 2.21. The molecule has 1 unspecified atom stereocenters. The first kappa shape index (κ1) is 13.3. The Labute approximate surface area is 98.0 Å². The fraction of sp³-hybridized carbons (Fsp3) is 1.00. The number of halogens is 1. The van der Waals surface area contributed by atoms with Gasteiger partial charge in [-0.25, -0.2) is 0 Å². The van der Waals surface area contributed by atoms with Gasteiger partial charge in [0.25, 0.3) is 0 Å². The molecule has 1 aliphatic rings. The van der Waals surface area contributed by atoms with E-state index in [1.165, 1.54) is 6.42 Å². The molecule has 0 amide bonds. The van der Waals surface area contributed by atoms with Gasteiger partial charge in [-0.15, -0.1) is 0 Å². The van der Waals surface area contributed by atoms with Crippen molar-refractivity contribution in [3.05, 3.63) is 0 Å². The molecule has 1 atom stereocenters. The molecule has 1 saturated heterocycles. The van der Waals surface area contributed by atoms with Crippen LogP contribution in [0, 0.1) is 5.92 Å². The van der Waals surface area contributed by atoms with Gasteiger partial charge in [0.05, 0.1) is 6.67 Å². The lowest BCUT2D eigenvalue weighted by molar-refractivity contribution is 0.213. The summed E-state index contributed by atoms with van der Waals surface area (Å²) in [5.74, 6) is 1.65. The molecule has 0 radical (unpaired) electrons. The van der Waals surface area contributed by atoms with Crippen molar-refractivity contribution < 1.29 is 4.39 Å². The SMILES string of the molecule is FCCCCN1CCNCCC(CS)C1. The van der Waals surface area contributed by atoms with E-state index in [-0.39, 0.29) is 6.67 Å². The van der Waals surface area contributed by atoms with Crippen molar-refractivity contribution in [3.8, 4) is 0 Å². The summed E-state index contributed by atoms with van der Waals surface area (Å²) in [7, 11) is 0. The summed E-state index contributed by atoms with van der Waals surface area (Å²) in [6, 6.07) is 0. The standard InChI is InChI=1S/C11H23FN2S/c12-4-1-2-7-14-8-6-13-5-3-11(9-14)10-15/h11,13,15H,1-10H2. The molecule has 0 spiro atoms. The lowest BCUT2D eigenvalue weighted by Crippen LogP contribution is -2.40. The van der Waals surface area contributed by atoms with Gasteiger partial charge in [-0.3, -0.25) is 4.39 Å². The molecule has 0 saturated carbocycles.